The number of amides is 1. The van der Waals surface area contributed by atoms with Crippen molar-refractivity contribution < 1.29 is 13.2 Å². The highest BCUT2D eigenvalue weighted by molar-refractivity contribution is 9.10. The van der Waals surface area contributed by atoms with Crippen LogP contribution in [0.4, 0.5) is 5.69 Å². The Hall–Kier alpha value is -1.96. The molecule has 7 heteroatoms. The summed E-state index contributed by atoms with van der Waals surface area (Å²) in [6.45, 7) is 0. The molecule has 1 aliphatic heterocycles. The van der Waals surface area contributed by atoms with Gasteiger partial charge in [0.1, 0.15) is 4.90 Å². The van der Waals surface area contributed by atoms with E-state index in [4.69, 9.17) is 0 Å². The molecule has 26 heavy (non-hydrogen) atoms. The molecule has 4 nitrogen and oxygen atoms in total. The maximum Gasteiger partial charge on any atom is 0.225 e. The Balaban J connectivity index is 1.85. The number of anilines is 1. The first kappa shape index (κ1) is 17.5. The molecule has 0 radical (unpaired) electrons. The summed E-state index contributed by atoms with van der Waals surface area (Å²) in [5.74, 6) is -0.327. The molecule has 3 aromatic rings. The van der Waals surface area contributed by atoms with Crippen LogP contribution in [0.25, 0.3) is 0 Å². The van der Waals surface area contributed by atoms with Gasteiger partial charge in [0.05, 0.1) is 10.6 Å². The predicted molar refractivity (Wildman–Crippen MR) is 105 cm³/mol. The third-order valence-corrected chi connectivity index (χ3v) is 7.88. The number of hydrogen-bond donors (Lipinski definition) is 1. The van der Waals surface area contributed by atoms with E-state index in [2.05, 4.69) is 21.2 Å². The van der Waals surface area contributed by atoms with Gasteiger partial charge in [-0.3, -0.25) is 4.79 Å². The number of thiophene rings is 1. The largest absolute Gasteiger partial charge is 0.324 e. The van der Waals surface area contributed by atoms with E-state index in [1.807, 2.05) is 24.3 Å². The van der Waals surface area contributed by atoms with Gasteiger partial charge in [0.15, 0.2) is 0 Å². The number of fused-ring (bicyclic) bond motifs is 1. The summed E-state index contributed by atoms with van der Waals surface area (Å²) in [7, 11) is -3.69. The first-order valence-corrected chi connectivity index (χ1v) is 11.1. The number of benzene rings is 2. The van der Waals surface area contributed by atoms with Crippen molar-refractivity contribution in [2.75, 3.05) is 5.32 Å². The van der Waals surface area contributed by atoms with Crippen LogP contribution in [0.2, 0.25) is 0 Å². The molecular formula is C19H14BrNO3S2. The second-order valence-electron chi connectivity index (χ2n) is 6.02. The maximum atomic E-state index is 13.0. The van der Waals surface area contributed by atoms with Gasteiger partial charge in [-0.2, -0.15) is 0 Å². The zero-order chi connectivity index (χ0) is 18.3. The van der Waals surface area contributed by atoms with Gasteiger partial charge in [0.2, 0.25) is 15.7 Å². The van der Waals surface area contributed by atoms with Gasteiger partial charge in [-0.05, 0) is 29.8 Å². The molecule has 2 aromatic carbocycles. The average Bonchev–Trinajstić information content (AvgIpc) is 3.06. The summed E-state index contributed by atoms with van der Waals surface area (Å²) in [6.07, 6.45) is 0.300. The van der Waals surface area contributed by atoms with Gasteiger partial charge in [-0.1, -0.05) is 46.3 Å². The summed E-state index contributed by atoms with van der Waals surface area (Å²) in [6, 6.07) is 16.1. The fraction of sp³-hybridized carbons (Fsp3) is 0.105. The molecule has 0 saturated heterocycles. The molecule has 1 atom stereocenters. The van der Waals surface area contributed by atoms with E-state index in [1.54, 1.807) is 35.7 Å². The van der Waals surface area contributed by atoms with E-state index in [1.165, 1.54) is 11.3 Å². The van der Waals surface area contributed by atoms with Crippen molar-refractivity contribution in [3.63, 3.8) is 0 Å². The average molecular weight is 448 g/mol. The molecule has 0 saturated carbocycles. The van der Waals surface area contributed by atoms with E-state index < -0.39 is 9.84 Å². The summed E-state index contributed by atoms with van der Waals surface area (Å²) in [5.41, 5.74) is 1.40. The van der Waals surface area contributed by atoms with Crippen LogP contribution in [0.1, 0.15) is 22.8 Å². The zero-order valence-corrected chi connectivity index (χ0v) is 16.7. The van der Waals surface area contributed by atoms with E-state index >= 15 is 0 Å². The van der Waals surface area contributed by atoms with Crippen molar-refractivity contribution in [2.45, 2.75) is 22.1 Å². The number of carbonyl (C=O) groups is 1. The minimum Gasteiger partial charge on any atom is -0.324 e. The first-order chi connectivity index (χ1) is 12.5. The summed E-state index contributed by atoms with van der Waals surface area (Å²) >= 11 is 4.83. The third-order valence-electron chi connectivity index (χ3n) is 4.35. The zero-order valence-electron chi connectivity index (χ0n) is 13.5. The monoisotopic (exact) mass is 447 g/mol. The smallest absolute Gasteiger partial charge is 0.225 e. The van der Waals surface area contributed by atoms with Gasteiger partial charge in [0.25, 0.3) is 0 Å². The fourth-order valence-electron chi connectivity index (χ4n) is 3.12. The molecule has 4 rings (SSSR count). The van der Waals surface area contributed by atoms with Crippen LogP contribution in [0.15, 0.2) is 74.2 Å². The van der Waals surface area contributed by atoms with Crippen LogP contribution in [0.5, 0.6) is 0 Å². The highest BCUT2D eigenvalue weighted by Gasteiger charge is 2.34. The molecule has 0 spiro atoms. The fourth-order valence-corrected chi connectivity index (χ4v) is 6.47. The molecule has 1 aromatic heterocycles. The summed E-state index contributed by atoms with van der Waals surface area (Å²) in [4.78, 5) is 13.6. The number of rotatable bonds is 3. The van der Waals surface area contributed by atoms with Gasteiger partial charge in [-0.15, -0.1) is 11.3 Å². The van der Waals surface area contributed by atoms with Crippen LogP contribution in [0, 0.1) is 0 Å². The number of hydrogen-bond acceptors (Lipinski definition) is 4. The van der Waals surface area contributed by atoms with E-state index in [9.17, 15) is 13.2 Å². The lowest BCUT2D eigenvalue weighted by atomic mass is 9.91. The molecule has 0 fully saturated rings. The Kier molecular flexibility index (Phi) is 4.46. The third kappa shape index (κ3) is 3.00. The van der Waals surface area contributed by atoms with Gasteiger partial charge in [0, 0.05) is 27.1 Å². The van der Waals surface area contributed by atoms with E-state index in [-0.39, 0.29) is 21.6 Å². The highest BCUT2D eigenvalue weighted by atomic mass is 79.9. The number of sulfone groups is 1. The Morgan fingerprint density at radius 1 is 1.08 bits per heavy atom. The Labute approximate surface area is 163 Å². The van der Waals surface area contributed by atoms with Crippen molar-refractivity contribution in [1.29, 1.82) is 0 Å². The Bertz CT molecular complexity index is 1090. The minimum atomic E-state index is -3.69. The molecule has 0 aliphatic carbocycles. The second-order valence-corrected chi connectivity index (χ2v) is 9.76. The van der Waals surface area contributed by atoms with Crippen LogP contribution in [-0.4, -0.2) is 14.3 Å². The second kappa shape index (κ2) is 6.64. The van der Waals surface area contributed by atoms with Crippen molar-refractivity contribution >= 4 is 48.7 Å². The molecule has 1 N–H and O–H groups in total. The molecular weight excluding hydrogens is 434 g/mol. The maximum absolute atomic E-state index is 13.0. The number of carbonyl (C=O) groups excluding carboxylic acids is 1. The number of halogens is 1. The topological polar surface area (TPSA) is 63.2 Å². The predicted octanol–water partition coefficient (Wildman–Crippen LogP) is 4.82. The SMILES string of the molecule is O=C1C[C@@H](c2cccc(Br)c2)c2scc(S(=O)(=O)c3ccccc3)c2N1. The van der Waals surface area contributed by atoms with Gasteiger partial charge >= 0.3 is 0 Å². The number of nitrogens with one attached hydrogen (secondary N) is 1. The normalized spacial score (nSPS) is 16.8. The van der Waals surface area contributed by atoms with Crippen LogP contribution in [0.3, 0.4) is 0 Å². The molecule has 1 amide bonds. The Morgan fingerprint density at radius 2 is 1.85 bits per heavy atom. The van der Waals surface area contributed by atoms with E-state index in [0.717, 1.165) is 14.9 Å². The standard InChI is InChI=1S/C19H14BrNO3S2/c20-13-6-4-5-12(9-13)15-10-17(22)21-18-16(11-25-19(15)18)26(23,24)14-7-2-1-3-8-14/h1-9,11,15H,10H2,(H,21,22)/t15-/m0/s1. The van der Waals surface area contributed by atoms with Crippen LogP contribution < -0.4 is 5.32 Å². The van der Waals surface area contributed by atoms with Crippen molar-refractivity contribution in [1.82, 2.24) is 0 Å². The van der Waals surface area contributed by atoms with Crippen molar-refractivity contribution in [2.24, 2.45) is 0 Å². The lowest BCUT2D eigenvalue weighted by Gasteiger charge is -2.24. The quantitative estimate of drug-likeness (QED) is 0.625. The van der Waals surface area contributed by atoms with Gasteiger partial charge < -0.3 is 5.32 Å². The summed E-state index contributed by atoms with van der Waals surface area (Å²) in [5, 5.41) is 4.41. The van der Waals surface area contributed by atoms with Crippen molar-refractivity contribution in [3.8, 4) is 0 Å². The van der Waals surface area contributed by atoms with Gasteiger partial charge in [-0.25, -0.2) is 8.42 Å². The molecule has 2 heterocycles. The lowest BCUT2D eigenvalue weighted by Crippen LogP contribution is -2.23. The first-order valence-electron chi connectivity index (χ1n) is 7.93. The Morgan fingerprint density at radius 3 is 2.58 bits per heavy atom. The lowest BCUT2D eigenvalue weighted by molar-refractivity contribution is -0.116. The molecule has 132 valence electrons. The minimum absolute atomic E-state index is 0.152. The molecule has 0 bridgehead atoms. The molecule has 0 unspecified atom stereocenters. The van der Waals surface area contributed by atoms with Crippen molar-refractivity contribution in [3.05, 3.63) is 74.9 Å². The summed E-state index contributed by atoms with van der Waals surface area (Å²) < 4.78 is 27.0. The highest BCUT2D eigenvalue weighted by Crippen LogP contribution is 2.46. The molecule has 1 aliphatic rings. The van der Waals surface area contributed by atoms with E-state index in [0.29, 0.717) is 12.1 Å². The van der Waals surface area contributed by atoms with Crippen LogP contribution in [-0.2, 0) is 14.6 Å². The van der Waals surface area contributed by atoms with Crippen LogP contribution >= 0.6 is 27.3 Å².